The second kappa shape index (κ2) is 12.9. The van der Waals surface area contributed by atoms with Gasteiger partial charge in [-0.1, -0.05) is 6.42 Å². The highest BCUT2D eigenvalue weighted by Crippen LogP contribution is 1.92. The van der Waals surface area contributed by atoms with Gasteiger partial charge in [0.05, 0.1) is 12.1 Å². The summed E-state index contributed by atoms with van der Waals surface area (Å²) in [5.41, 5.74) is 0. The standard InChI is InChI=1S/C11H20N4/c12-6-4-10-14-8-2-1-3-9-15-11-5-7-13/h14-15H,1-5,8-11H2. The van der Waals surface area contributed by atoms with Crippen molar-refractivity contribution in [2.75, 3.05) is 26.2 Å². The molecule has 2 N–H and O–H groups in total. The lowest BCUT2D eigenvalue weighted by Gasteiger charge is -2.03. The monoisotopic (exact) mass is 208 g/mol. The van der Waals surface area contributed by atoms with E-state index in [-0.39, 0.29) is 0 Å². The third-order valence-corrected chi connectivity index (χ3v) is 2.03. The fraction of sp³-hybridized carbons (Fsp3) is 0.818. The molecule has 0 aliphatic carbocycles. The molecule has 0 fully saturated rings. The van der Waals surface area contributed by atoms with Gasteiger partial charge in [-0.15, -0.1) is 0 Å². The Hall–Kier alpha value is -1.10. The molecule has 0 saturated carbocycles. The first-order chi connectivity index (χ1) is 7.41. The quantitative estimate of drug-likeness (QED) is 0.528. The van der Waals surface area contributed by atoms with E-state index in [0.29, 0.717) is 12.8 Å². The van der Waals surface area contributed by atoms with Crippen LogP contribution in [0.5, 0.6) is 0 Å². The van der Waals surface area contributed by atoms with Crippen molar-refractivity contribution < 1.29 is 0 Å². The summed E-state index contributed by atoms with van der Waals surface area (Å²) in [7, 11) is 0. The van der Waals surface area contributed by atoms with Gasteiger partial charge in [0.15, 0.2) is 0 Å². The van der Waals surface area contributed by atoms with Crippen LogP contribution < -0.4 is 10.6 Å². The highest BCUT2D eigenvalue weighted by Gasteiger charge is 1.90. The molecule has 0 aliphatic heterocycles. The average molecular weight is 208 g/mol. The van der Waals surface area contributed by atoms with Crippen LogP contribution in [0, 0.1) is 22.7 Å². The van der Waals surface area contributed by atoms with Crippen molar-refractivity contribution >= 4 is 0 Å². The van der Waals surface area contributed by atoms with E-state index in [1.54, 1.807) is 0 Å². The van der Waals surface area contributed by atoms with Gasteiger partial charge in [0, 0.05) is 25.9 Å². The molecule has 0 saturated heterocycles. The Kier molecular flexibility index (Phi) is 12.0. The summed E-state index contributed by atoms with van der Waals surface area (Å²) in [6.07, 6.45) is 4.70. The number of rotatable bonds is 10. The smallest absolute Gasteiger partial charge is 0.0635 e. The van der Waals surface area contributed by atoms with Crippen LogP contribution in [0.2, 0.25) is 0 Å². The predicted molar refractivity (Wildman–Crippen MR) is 60.1 cm³/mol. The zero-order chi connectivity index (χ0) is 11.2. The van der Waals surface area contributed by atoms with Crippen LogP contribution in [0.1, 0.15) is 32.1 Å². The maximum atomic E-state index is 8.29. The first-order valence-electron chi connectivity index (χ1n) is 5.57. The lowest BCUT2D eigenvalue weighted by Crippen LogP contribution is -2.18. The molecule has 0 bridgehead atoms. The van der Waals surface area contributed by atoms with Gasteiger partial charge >= 0.3 is 0 Å². The molecule has 0 heterocycles. The van der Waals surface area contributed by atoms with E-state index in [1.807, 2.05) is 0 Å². The Morgan fingerprint density at radius 2 is 1.13 bits per heavy atom. The van der Waals surface area contributed by atoms with E-state index in [2.05, 4.69) is 22.8 Å². The summed E-state index contributed by atoms with van der Waals surface area (Å²) >= 11 is 0. The minimum Gasteiger partial charge on any atom is -0.316 e. The SMILES string of the molecule is N#CCCNCCCCCNCCC#N. The van der Waals surface area contributed by atoms with Crippen LogP contribution >= 0.6 is 0 Å². The van der Waals surface area contributed by atoms with Gasteiger partial charge in [0.2, 0.25) is 0 Å². The van der Waals surface area contributed by atoms with E-state index >= 15 is 0 Å². The Morgan fingerprint density at radius 3 is 1.53 bits per heavy atom. The summed E-state index contributed by atoms with van der Waals surface area (Å²) in [6.45, 7) is 3.60. The van der Waals surface area contributed by atoms with Gasteiger partial charge in [-0.3, -0.25) is 0 Å². The molecular formula is C11H20N4. The van der Waals surface area contributed by atoms with E-state index < -0.39 is 0 Å². The second-order valence-electron chi connectivity index (χ2n) is 3.38. The minimum absolute atomic E-state index is 0.593. The number of unbranched alkanes of at least 4 members (excludes halogenated alkanes) is 2. The number of hydrogen-bond acceptors (Lipinski definition) is 4. The maximum Gasteiger partial charge on any atom is 0.0635 e. The highest BCUT2D eigenvalue weighted by molar-refractivity contribution is 4.70. The van der Waals surface area contributed by atoms with Gasteiger partial charge in [-0.2, -0.15) is 10.5 Å². The predicted octanol–water partition coefficient (Wildman–Crippen LogP) is 1.16. The lowest BCUT2D eigenvalue weighted by atomic mass is 10.2. The summed E-state index contributed by atoms with van der Waals surface area (Å²) in [6, 6.07) is 4.20. The average Bonchev–Trinajstić information content (AvgIpc) is 2.26. The van der Waals surface area contributed by atoms with Crippen molar-refractivity contribution in [1.82, 2.24) is 10.6 Å². The van der Waals surface area contributed by atoms with Gasteiger partial charge in [-0.25, -0.2) is 0 Å². The Balaban J connectivity index is 2.88. The molecule has 0 aliphatic rings. The van der Waals surface area contributed by atoms with Gasteiger partial charge in [0.25, 0.3) is 0 Å². The van der Waals surface area contributed by atoms with Crippen LogP contribution in [-0.4, -0.2) is 26.2 Å². The molecule has 0 aromatic rings. The Bertz CT molecular complexity index is 180. The lowest BCUT2D eigenvalue weighted by molar-refractivity contribution is 0.577. The number of nitrogens with zero attached hydrogens (tertiary/aromatic N) is 2. The first-order valence-corrected chi connectivity index (χ1v) is 5.57. The third-order valence-electron chi connectivity index (χ3n) is 2.03. The summed E-state index contributed by atoms with van der Waals surface area (Å²) < 4.78 is 0. The highest BCUT2D eigenvalue weighted by atomic mass is 14.8. The normalized spacial score (nSPS) is 9.47. The van der Waals surface area contributed by atoms with Crippen molar-refractivity contribution in [1.29, 1.82) is 10.5 Å². The molecule has 15 heavy (non-hydrogen) atoms. The van der Waals surface area contributed by atoms with Gasteiger partial charge in [-0.05, 0) is 25.9 Å². The minimum atomic E-state index is 0.593. The molecule has 0 aromatic carbocycles. The first kappa shape index (κ1) is 13.9. The zero-order valence-corrected chi connectivity index (χ0v) is 9.26. The molecule has 0 spiro atoms. The number of nitrogens with one attached hydrogen (secondary N) is 2. The summed E-state index contributed by atoms with van der Waals surface area (Å²) in [5.74, 6) is 0. The fourth-order valence-electron chi connectivity index (χ4n) is 1.22. The van der Waals surface area contributed by atoms with Crippen molar-refractivity contribution in [3.63, 3.8) is 0 Å². The second-order valence-corrected chi connectivity index (χ2v) is 3.38. The van der Waals surface area contributed by atoms with E-state index in [1.165, 1.54) is 6.42 Å². The van der Waals surface area contributed by atoms with Crippen LogP contribution in [-0.2, 0) is 0 Å². The summed E-state index contributed by atoms with van der Waals surface area (Å²) in [5, 5.41) is 23.0. The zero-order valence-electron chi connectivity index (χ0n) is 9.26. The molecule has 4 heteroatoms. The molecular weight excluding hydrogens is 188 g/mol. The largest absolute Gasteiger partial charge is 0.316 e. The number of nitriles is 2. The van der Waals surface area contributed by atoms with E-state index in [9.17, 15) is 0 Å². The van der Waals surface area contributed by atoms with Gasteiger partial charge in [0.1, 0.15) is 0 Å². The van der Waals surface area contributed by atoms with E-state index in [4.69, 9.17) is 10.5 Å². The van der Waals surface area contributed by atoms with Crippen molar-refractivity contribution in [2.45, 2.75) is 32.1 Å². The third kappa shape index (κ3) is 12.9. The van der Waals surface area contributed by atoms with Crippen LogP contribution in [0.15, 0.2) is 0 Å². The molecule has 0 radical (unpaired) electrons. The van der Waals surface area contributed by atoms with Crippen LogP contribution in [0.4, 0.5) is 0 Å². The molecule has 0 rings (SSSR count). The molecule has 84 valence electrons. The van der Waals surface area contributed by atoms with Crippen LogP contribution in [0.3, 0.4) is 0 Å². The summed E-state index contributed by atoms with van der Waals surface area (Å²) in [4.78, 5) is 0. The van der Waals surface area contributed by atoms with Crippen molar-refractivity contribution in [3.8, 4) is 12.1 Å². The van der Waals surface area contributed by atoms with Crippen LogP contribution in [0.25, 0.3) is 0 Å². The topological polar surface area (TPSA) is 71.6 Å². The molecule has 4 nitrogen and oxygen atoms in total. The Labute approximate surface area is 92.3 Å². The van der Waals surface area contributed by atoms with Crippen molar-refractivity contribution in [3.05, 3.63) is 0 Å². The van der Waals surface area contributed by atoms with Gasteiger partial charge < -0.3 is 10.6 Å². The molecule has 0 aromatic heterocycles. The van der Waals surface area contributed by atoms with E-state index in [0.717, 1.165) is 39.0 Å². The fourth-order valence-corrected chi connectivity index (χ4v) is 1.22. The maximum absolute atomic E-state index is 8.29. The van der Waals surface area contributed by atoms with Crippen molar-refractivity contribution in [2.24, 2.45) is 0 Å². The number of hydrogen-bond donors (Lipinski definition) is 2. The Morgan fingerprint density at radius 1 is 0.667 bits per heavy atom. The molecule has 0 amide bonds. The molecule has 0 atom stereocenters. The molecule has 0 unspecified atom stereocenters.